The van der Waals surface area contributed by atoms with Crippen molar-refractivity contribution < 1.29 is 9.72 Å². The van der Waals surface area contributed by atoms with E-state index >= 15 is 0 Å². The molecule has 0 saturated carbocycles. The number of nitro groups is 1. The zero-order valence-electron chi connectivity index (χ0n) is 7.86. The second-order valence-electron chi connectivity index (χ2n) is 2.68. The molecule has 9 nitrogen and oxygen atoms in total. The maximum atomic E-state index is 10.9. The van der Waals surface area contributed by atoms with Crippen molar-refractivity contribution in [2.75, 3.05) is 5.73 Å². The van der Waals surface area contributed by atoms with Gasteiger partial charge in [-0.1, -0.05) is 0 Å². The van der Waals surface area contributed by atoms with Crippen LogP contribution in [-0.4, -0.2) is 33.4 Å². The molecule has 1 aromatic rings. The van der Waals surface area contributed by atoms with Crippen molar-refractivity contribution in [2.45, 2.75) is 6.04 Å². The first-order chi connectivity index (χ1) is 7.52. The van der Waals surface area contributed by atoms with Crippen LogP contribution >= 0.6 is 0 Å². The molecule has 0 aliphatic rings. The molecule has 1 heterocycles. The number of aliphatic imine (C=N–C) groups is 1. The number of aromatic nitrogens is 2. The highest BCUT2D eigenvalue weighted by Crippen LogP contribution is 2.03. The first-order valence-electron chi connectivity index (χ1n) is 4.02. The van der Waals surface area contributed by atoms with Crippen LogP contribution in [0, 0.1) is 10.1 Å². The quantitative estimate of drug-likeness (QED) is 0.288. The number of hydrogen-bond acceptors (Lipinski definition) is 7. The summed E-state index contributed by atoms with van der Waals surface area (Å²) in [6.07, 6.45) is 0.883. The summed E-state index contributed by atoms with van der Waals surface area (Å²) in [5.41, 5.74) is 4.68. The topological polar surface area (TPSA) is 144 Å². The Morgan fingerprint density at radius 1 is 1.69 bits per heavy atom. The number of rotatable bonds is 4. The highest BCUT2D eigenvalue weighted by atomic mass is 16.6. The summed E-state index contributed by atoms with van der Waals surface area (Å²) in [4.78, 5) is 39.9. The van der Waals surface area contributed by atoms with Gasteiger partial charge in [-0.25, -0.2) is 4.99 Å². The van der Waals surface area contributed by atoms with Gasteiger partial charge < -0.3 is 5.73 Å². The van der Waals surface area contributed by atoms with Crippen LogP contribution in [0.3, 0.4) is 0 Å². The van der Waals surface area contributed by atoms with Crippen LogP contribution in [0.15, 0.2) is 15.9 Å². The fourth-order valence-electron chi connectivity index (χ4n) is 0.821. The molecule has 0 aromatic carbocycles. The number of nitrogens with two attached hydrogens (primary N) is 1. The Morgan fingerprint density at radius 3 is 2.88 bits per heavy atom. The lowest BCUT2D eigenvalue weighted by atomic mass is 10.4. The first-order valence-corrected chi connectivity index (χ1v) is 4.02. The van der Waals surface area contributed by atoms with Crippen LogP contribution in [0.5, 0.6) is 0 Å². The Labute approximate surface area is 88.2 Å². The molecule has 1 atom stereocenters. The Bertz CT molecular complexity index is 494. The highest BCUT2D eigenvalue weighted by Gasteiger charge is 2.14. The molecule has 16 heavy (non-hydrogen) atoms. The van der Waals surface area contributed by atoms with Gasteiger partial charge in [0.2, 0.25) is 5.95 Å². The van der Waals surface area contributed by atoms with E-state index < -0.39 is 16.5 Å². The Kier molecular flexibility index (Phi) is 3.43. The molecule has 1 rings (SSSR count). The fourth-order valence-corrected chi connectivity index (χ4v) is 0.821. The van der Waals surface area contributed by atoms with Crippen molar-refractivity contribution in [3.05, 3.63) is 26.5 Å². The highest BCUT2D eigenvalue weighted by molar-refractivity contribution is 5.84. The largest absolute Gasteiger partial charge is 0.369 e. The number of nitrogen functional groups attached to an aromatic ring is 1. The Morgan fingerprint density at radius 2 is 2.38 bits per heavy atom. The molecule has 1 aromatic heterocycles. The predicted molar refractivity (Wildman–Crippen MR) is 54.3 cm³/mol. The van der Waals surface area contributed by atoms with Gasteiger partial charge in [0, 0.05) is 11.0 Å². The second-order valence-corrected chi connectivity index (χ2v) is 2.68. The fraction of sp³-hybridized carbons (Fsp3) is 0.143. The number of carbonyl (C=O) groups is 1. The van der Waals surface area contributed by atoms with Gasteiger partial charge in [-0.2, -0.15) is 4.98 Å². The van der Waals surface area contributed by atoms with Crippen molar-refractivity contribution in [1.29, 1.82) is 0 Å². The van der Waals surface area contributed by atoms with Crippen LogP contribution in [0.4, 0.5) is 11.8 Å². The van der Waals surface area contributed by atoms with Gasteiger partial charge in [0.15, 0.2) is 12.1 Å². The minimum Gasteiger partial charge on any atom is -0.369 e. The average Bonchev–Trinajstić information content (AvgIpc) is 2.16. The van der Waals surface area contributed by atoms with Crippen LogP contribution in [0.25, 0.3) is 0 Å². The maximum Gasteiger partial charge on any atom is 0.302 e. The van der Waals surface area contributed by atoms with Gasteiger partial charge >= 0.3 is 6.04 Å². The maximum absolute atomic E-state index is 10.9. The van der Waals surface area contributed by atoms with Crippen molar-refractivity contribution in [1.82, 2.24) is 9.97 Å². The van der Waals surface area contributed by atoms with Gasteiger partial charge in [-0.15, -0.1) is 0 Å². The Balaban J connectivity index is 2.95. The van der Waals surface area contributed by atoms with Crippen LogP contribution < -0.4 is 11.3 Å². The number of anilines is 1. The molecule has 84 valence electrons. The summed E-state index contributed by atoms with van der Waals surface area (Å²) >= 11 is 0. The minimum absolute atomic E-state index is 0.102. The molecule has 0 bridgehead atoms. The molecule has 0 radical (unpaired) electrons. The summed E-state index contributed by atoms with van der Waals surface area (Å²) in [5.74, 6) is -0.265. The van der Waals surface area contributed by atoms with E-state index in [0.29, 0.717) is 0 Å². The third-order valence-corrected chi connectivity index (χ3v) is 1.49. The van der Waals surface area contributed by atoms with Crippen LogP contribution in [-0.2, 0) is 4.79 Å². The smallest absolute Gasteiger partial charge is 0.302 e. The molecule has 0 spiro atoms. The minimum atomic E-state index is -1.57. The number of aldehydes is 1. The third kappa shape index (κ3) is 2.97. The average molecular weight is 225 g/mol. The summed E-state index contributed by atoms with van der Waals surface area (Å²) < 4.78 is 0. The monoisotopic (exact) mass is 225 g/mol. The van der Waals surface area contributed by atoms with E-state index in [1.807, 2.05) is 0 Å². The number of aromatic amines is 1. The molecule has 0 saturated heterocycles. The summed E-state index contributed by atoms with van der Waals surface area (Å²) in [5, 5.41) is 10.3. The number of H-pyrrole nitrogens is 1. The molecule has 1 unspecified atom stereocenters. The molecular weight excluding hydrogens is 218 g/mol. The van der Waals surface area contributed by atoms with Crippen molar-refractivity contribution in [2.24, 2.45) is 4.99 Å². The first kappa shape index (κ1) is 11.5. The van der Waals surface area contributed by atoms with Gasteiger partial charge in [-0.3, -0.25) is 24.7 Å². The zero-order valence-corrected chi connectivity index (χ0v) is 7.86. The molecule has 0 fully saturated rings. The number of carbonyl (C=O) groups excluding carboxylic acids is 1. The SMILES string of the molecule is Nc1nc(N=CC(C=O)[N+](=O)[O-])cc(=O)[nH]1. The number of nitrogens with one attached hydrogen (secondary N) is 1. The lowest BCUT2D eigenvalue weighted by Crippen LogP contribution is -2.22. The van der Waals surface area contributed by atoms with Gasteiger partial charge in [-0.05, 0) is 0 Å². The van der Waals surface area contributed by atoms with E-state index in [0.717, 1.165) is 12.3 Å². The van der Waals surface area contributed by atoms with E-state index in [1.54, 1.807) is 0 Å². The van der Waals surface area contributed by atoms with Gasteiger partial charge in [0.05, 0.1) is 6.21 Å². The van der Waals surface area contributed by atoms with Crippen LogP contribution in [0.2, 0.25) is 0 Å². The summed E-state index contributed by atoms with van der Waals surface area (Å²) in [6, 6.07) is -0.573. The van der Waals surface area contributed by atoms with E-state index in [-0.39, 0.29) is 18.1 Å². The Hall–Kier alpha value is -2.58. The normalized spacial score (nSPS) is 12.5. The molecule has 0 aliphatic carbocycles. The van der Waals surface area contributed by atoms with Gasteiger partial charge in [0.1, 0.15) is 0 Å². The van der Waals surface area contributed by atoms with Crippen molar-refractivity contribution >= 4 is 24.3 Å². The molecule has 3 N–H and O–H groups in total. The molecule has 9 heteroatoms. The van der Waals surface area contributed by atoms with E-state index in [2.05, 4.69) is 15.0 Å². The van der Waals surface area contributed by atoms with Crippen LogP contribution in [0.1, 0.15) is 0 Å². The number of nitrogens with zero attached hydrogens (tertiary/aromatic N) is 3. The molecule has 0 aliphatic heterocycles. The lowest BCUT2D eigenvalue weighted by molar-refractivity contribution is -0.485. The lowest BCUT2D eigenvalue weighted by Gasteiger charge is -1.95. The molecule has 0 amide bonds. The van der Waals surface area contributed by atoms with E-state index in [4.69, 9.17) is 5.73 Å². The summed E-state index contributed by atoms with van der Waals surface area (Å²) in [7, 11) is 0. The number of hydrogen-bond donors (Lipinski definition) is 2. The van der Waals surface area contributed by atoms with E-state index in [1.165, 1.54) is 0 Å². The third-order valence-electron chi connectivity index (χ3n) is 1.49. The zero-order chi connectivity index (χ0) is 12.1. The van der Waals surface area contributed by atoms with E-state index in [9.17, 15) is 19.7 Å². The summed E-state index contributed by atoms with van der Waals surface area (Å²) in [6.45, 7) is 0. The van der Waals surface area contributed by atoms with Gasteiger partial charge in [0.25, 0.3) is 5.56 Å². The van der Waals surface area contributed by atoms with Crippen molar-refractivity contribution in [3.8, 4) is 0 Å². The second kappa shape index (κ2) is 4.77. The molecular formula is C7H7N5O4. The van der Waals surface area contributed by atoms with Crippen molar-refractivity contribution in [3.63, 3.8) is 0 Å². The predicted octanol–water partition coefficient (Wildman–Crippen LogP) is -1.10. The standard InChI is InChI=1S/C7H7N5O4/c8-7-10-5(1-6(14)11-7)9-2-4(3-13)12(15)16/h1-4H,(H3,8,10,11,14).